The number of aryl methyl sites for hydroxylation is 2. The average molecular weight is 304 g/mol. The molecule has 3 rings (SSSR count). The van der Waals surface area contributed by atoms with E-state index in [0.29, 0.717) is 5.69 Å². The van der Waals surface area contributed by atoms with Gasteiger partial charge in [0.05, 0.1) is 11.3 Å². The van der Waals surface area contributed by atoms with Gasteiger partial charge in [-0.3, -0.25) is 4.79 Å². The first-order valence-electron chi connectivity index (χ1n) is 7.18. The van der Waals surface area contributed by atoms with E-state index in [0.717, 1.165) is 25.9 Å². The van der Waals surface area contributed by atoms with Gasteiger partial charge in [-0.25, -0.2) is 9.97 Å². The molecular weight excluding hydrogens is 284 g/mol. The Morgan fingerprint density at radius 2 is 2.05 bits per heavy atom. The van der Waals surface area contributed by atoms with Gasteiger partial charge in [-0.05, 0) is 19.8 Å². The van der Waals surface area contributed by atoms with E-state index < -0.39 is 0 Å². The number of carbonyl (C=O) groups excluding carboxylic acids is 1. The molecule has 0 radical (unpaired) electrons. The molecule has 1 aliphatic rings. The van der Waals surface area contributed by atoms with Crippen molar-refractivity contribution in [3.63, 3.8) is 0 Å². The minimum atomic E-state index is 0.0352. The van der Waals surface area contributed by atoms with Crippen LogP contribution < -0.4 is 0 Å². The zero-order valence-corrected chi connectivity index (χ0v) is 13.5. The summed E-state index contributed by atoms with van der Waals surface area (Å²) in [6.45, 7) is 5.88. The Morgan fingerprint density at radius 1 is 1.33 bits per heavy atom. The minimum absolute atomic E-state index is 0.0352. The van der Waals surface area contributed by atoms with Crippen molar-refractivity contribution in [3.05, 3.63) is 34.3 Å². The van der Waals surface area contributed by atoms with Crippen LogP contribution in [0, 0.1) is 6.92 Å². The van der Waals surface area contributed by atoms with Crippen LogP contribution in [-0.2, 0) is 12.5 Å². The number of rotatable bonds is 2. The average Bonchev–Trinajstić information content (AvgIpc) is 3.08. The maximum atomic E-state index is 12.4. The van der Waals surface area contributed by atoms with Crippen LogP contribution in [-0.4, -0.2) is 38.4 Å². The number of carbonyl (C=O) groups is 1. The molecule has 5 nitrogen and oxygen atoms in total. The van der Waals surface area contributed by atoms with Crippen molar-refractivity contribution in [1.29, 1.82) is 0 Å². The number of hydrogen-bond acceptors (Lipinski definition) is 4. The van der Waals surface area contributed by atoms with Crippen molar-refractivity contribution in [1.82, 2.24) is 19.4 Å². The summed E-state index contributed by atoms with van der Waals surface area (Å²) in [6, 6.07) is 0. The van der Waals surface area contributed by atoms with Crippen molar-refractivity contribution in [2.24, 2.45) is 7.05 Å². The normalized spacial score (nSPS) is 18.0. The molecule has 1 aliphatic heterocycles. The van der Waals surface area contributed by atoms with E-state index in [-0.39, 0.29) is 11.3 Å². The molecule has 0 N–H and O–H groups in total. The summed E-state index contributed by atoms with van der Waals surface area (Å²) in [4.78, 5) is 24.2. The van der Waals surface area contributed by atoms with E-state index >= 15 is 0 Å². The second-order valence-corrected chi connectivity index (χ2v) is 7.29. The second kappa shape index (κ2) is 5.26. The lowest BCUT2D eigenvalue weighted by Gasteiger charge is -2.37. The Morgan fingerprint density at radius 3 is 2.57 bits per heavy atom. The highest BCUT2D eigenvalue weighted by molar-refractivity contribution is 7.11. The number of imidazole rings is 1. The molecule has 3 heterocycles. The van der Waals surface area contributed by atoms with Crippen molar-refractivity contribution in [2.75, 3.05) is 13.1 Å². The minimum Gasteiger partial charge on any atom is -0.340 e. The lowest BCUT2D eigenvalue weighted by atomic mass is 9.81. The maximum Gasteiger partial charge on any atom is 0.274 e. The molecule has 112 valence electrons. The van der Waals surface area contributed by atoms with Crippen LogP contribution in [0.5, 0.6) is 0 Å². The Bertz CT molecular complexity index is 652. The molecule has 1 amide bonds. The second-order valence-electron chi connectivity index (χ2n) is 6.05. The number of piperidine rings is 1. The molecule has 0 bridgehead atoms. The molecular formula is C15H20N4OS. The predicted molar refractivity (Wildman–Crippen MR) is 82.5 cm³/mol. The topological polar surface area (TPSA) is 51.0 Å². The summed E-state index contributed by atoms with van der Waals surface area (Å²) in [6.07, 6.45) is 7.30. The number of amides is 1. The van der Waals surface area contributed by atoms with E-state index in [4.69, 9.17) is 0 Å². The van der Waals surface area contributed by atoms with Crippen LogP contribution in [0.2, 0.25) is 0 Å². The molecule has 0 spiro atoms. The molecule has 1 saturated heterocycles. The molecule has 0 saturated carbocycles. The molecule has 1 fully saturated rings. The highest BCUT2D eigenvalue weighted by atomic mass is 32.1. The van der Waals surface area contributed by atoms with Gasteiger partial charge in [0.25, 0.3) is 5.91 Å². The highest BCUT2D eigenvalue weighted by Gasteiger charge is 2.36. The van der Waals surface area contributed by atoms with Gasteiger partial charge >= 0.3 is 0 Å². The van der Waals surface area contributed by atoms with Gasteiger partial charge in [0.15, 0.2) is 0 Å². The van der Waals surface area contributed by atoms with Crippen molar-refractivity contribution in [2.45, 2.75) is 32.1 Å². The molecule has 21 heavy (non-hydrogen) atoms. The Hall–Kier alpha value is -1.69. The molecule has 0 aromatic carbocycles. The summed E-state index contributed by atoms with van der Waals surface area (Å²) in [7, 11) is 1.88. The fraction of sp³-hybridized carbons (Fsp3) is 0.533. The monoisotopic (exact) mass is 304 g/mol. The largest absolute Gasteiger partial charge is 0.340 e. The third-order valence-corrected chi connectivity index (χ3v) is 5.43. The fourth-order valence-corrected chi connectivity index (χ4v) is 3.70. The van der Waals surface area contributed by atoms with E-state index in [2.05, 4.69) is 23.8 Å². The Balaban J connectivity index is 1.69. The number of aromatic nitrogens is 3. The SMILES string of the molecule is Cc1cnc(C2(C)CCN(C(=O)c3cn(C)cn3)CC2)s1. The standard InChI is InChI=1S/C15H20N4OS/c1-11-8-16-14(21-11)15(2)4-6-19(7-5-15)13(20)12-9-18(3)10-17-12/h8-10H,4-7H2,1-3H3. The van der Waals surface area contributed by atoms with Gasteiger partial charge in [-0.1, -0.05) is 6.92 Å². The molecule has 0 unspecified atom stereocenters. The van der Waals surface area contributed by atoms with Gasteiger partial charge in [-0.2, -0.15) is 0 Å². The first kappa shape index (κ1) is 14.3. The number of thiazole rings is 1. The van der Waals surface area contributed by atoms with Gasteiger partial charge in [0.2, 0.25) is 0 Å². The van der Waals surface area contributed by atoms with Crippen LogP contribution in [0.15, 0.2) is 18.7 Å². The van der Waals surface area contributed by atoms with E-state index in [1.165, 1.54) is 9.88 Å². The van der Waals surface area contributed by atoms with Gasteiger partial charge in [0, 0.05) is 42.8 Å². The van der Waals surface area contributed by atoms with Crippen molar-refractivity contribution < 1.29 is 4.79 Å². The van der Waals surface area contributed by atoms with Crippen molar-refractivity contribution in [3.8, 4) is 0 Å². The zero-order valence-electron chi connectivity index (χ0n) is 12.7. The smallest absolute Gasteiger partial charge is 0.274 e. The van der Waals surface area contributed by atoms with Gasteiger partial charge < -0.3 is 9.47 Å². The van der Waals surface area contributed by atoms with Crippen LogP contribution in [0.3, 0.4) is 0 Å². The Labute approximate surface area is 128 Å². The van der Waals surface area contributed by atoms with Crippen LogP contribution in [0.4, 0.5) is 0 Å². The molecule has 2 aromatic rings. The lowest BCUT2D eigenvalue weighted by molar-refractivity contribution is 0.0670. The molecule has 0 aliphatic carbocycles. The number of nitrogens with zero attached hydrogens (tertiary/aromatic N) is 4. The fourth-order valence-electron chi connectivity index (χ4n) is 2.74. The third kappa shape index (κ3) is 2.72. The highest BCUT2D eigenvalue weighted by Crippen LogP contribution is 2.37. The molecule has 6 heteroatoms. The van der Waals surface area contributed by atoms with Crippen molar-refractivity contribution >= 4 is 17.2 Å². The molecule has 0 atom stereocenters. The first-order valence-corrected chi connectivity index (χ1v) is 8.00. The molecule has 2 aromatic heterocycles. The number of hydrogen-bond donors (Lipinski definition) is 0. The van der Waals surface area contributed by atoms with Crippen LogP contribution in [0.1, 0.15) is 40.1 Å². The van der Waals surface area contributed by atoms with Crippen LogP contribution in [0.25, 0.3) is 0 Å². The number of likely N-dealkylation sites (tertiary alicyclic amines) is 1. The lowest BCUT2D eigenvalue weighted by Crippen LogP contribution is -2.44. The van der Waals surface area contributed by atoms with Gasteiger partial charge in [0.1, 0.15) is 5.69 Å². The third-order valence-electron chi connectivity index (χ3n) is 4.22. The quantitative estimate of drug-likeness (QED) is 0.856. The zero-order chi connectivity index (χ0) is 15.0. The van der Waals surface area contributed by atoms with Gasteiger partial charge in [-0.15, -0.1) is 11.3 Å². The van der Waals surface area contributed by atoms with E-state index in [1.54, 1.807) is 28.4 Å². The maximum absolute atomic E-state index is 12.4. The predicted octanol–water partition coefficient (Wildman–Crippen LogP) is 2.38. The summed E-state index contributed by atoms with van der Waals surface area (Å²) >= 11 is 1.77. The summed E-state index contributed by atoms with van der Waals surface area (Å²) in [5.41, 5.74) is 0.631. The Kier molecular flexibility index (Phi) is 3.57. The summed E-state index contributed by atoms with van der Waals surface area (Å²) in [5.74, 6) is 0.0352. The van der Waals surface area contributed by atoms with E-state index in [9.17, 15) is 4.79 Å². The van der Waals surface area contributed by atoms with E-state index in [1.807, 2.05) is 18.1 Å². The summed E-state index contributed by atoms with van der Waals surface area (Å²) in [5, 5.41) is 1.20. The van der Waals surface area contributed by atoms with Crippen LogP contribution >= 0.6 is 11.3 Å². The first-order chi connectivity index (χ1) is 9.98. The summed E-state index contributed by atoms with van der Waals surface area (Å²) < 4.78 is 1.81.